The van der Waals surface area contributed by atoms with Crippen LogP contribution in [0.5, 0.6) is 5.75 Å². The van der Waals surface area contributed by atoms with Gasteiger partial charge in [0, 0.05) is 20.6 Å². The van der Waals surface area contributed by atoms with Crippen molar-refractivity contribution in [2.45, 2.75) is 38.5 Å². The van der Waals surface area contributed by atoms with Crippen molar-refractivity contribution in [1.82, 2.24) is 0 Å². The second kappa shape index (κ2) is 10.8. The molecule has 1 unspecified atom stereocenters. The molecule has 142 valence electrons. The average Bonchev–Trinajstić information content (AvgIpc) is 2.59. The van der Waals surface area contributed by atoms with E-state index in [9.17, 15) is 13.8 Å². The van der Waals surface area contributed by atoms with Gasteiger partial charge in [0.25, 0.3) is 0 Å². The molecule has 1 aromatic rings. The van der Waals surface area contributed by atoms with Crippen molar-refractivity contribution >= 4 is 25.2 Å². The van der Waals surface area contributed by atoms with E-state index in [-0.39, 0.29) is 18.1 Å². The number of esters is 1. The third-order valence-electron chi connectivity index (χ3n) is 3.34. The second-order valence-corrected chi connectivity index (χ2v) is 7.96. The van der Waals surface area contributed by atoms with E-state index >= 15 is 0 Å². The smallest absolute Gasteiger partial charge is 0.370 e. The van der Waals surface area contributed by atoms with Crippen molar-refractivity contribution < 1.29 is 32.3 Å². The molecule has 0 aromatic heterocycles. The molecule has 0 saturated carbocycles. The minimum atomic E-state index is -3.49. The Morgan fingerprint density at radius 1 is 1.32 bits per heavy atom. The molecule has 0 radical (unpaired) electrons. The Hall–Kier alpha value is -1.14. The summed E-state index contributed by atoms with van der Waals surface area (Å²) in [6.07, 6.45) is 1.44. The fourth-order valence-electron chi connectivity index (χ4n) is 2.04. The average molecular weight is 397 g/mol. The number of halogens is 2. The van der Waals surface area contributed by atoms with E-state index < -0.39 is 25.2 Å². The zero-order valence-corrected chi connectivity index (χ0v) is 16.1. The first-order chi connectivity index (χ1) is 11.9. The van der Waals surface area contributed by atoms with Crippen molar-refractivity contribution in [2.24, 2.45) is 0 Å². The number of carbonyl (C=O) groups is 1. The molecule has 0 aliphatic rings. The lowest BCUT2D eigenvalue weighted by atomic mass is 10.3. The molecule has 0 fully saturated rings. The van der Waals surface area contributed by atoms with Crippen LogP contribution in [0.15, 0.2) is 18.2 Å². The van der Waals surface area contributed by atoms with Gasteiger partial charge in [0.05, 0.1) is 11.6 Å². The highest BCUT2D eigenvalue weighted by Gasteiger charge is 2.36. The first kappa shape index (κ1) is 21.9. The Balaban J connectivity index is 2.46. The quantitative estimate of drug-likeness (QED) is 0.304. The fraction of sp³-hybridized carbons (Fsp3) is 0.562. The van der Waals surface area contributed by atoms with E-state index in [1.165, 1.54) is 26.4 Å². The highest BCUT2D eigenvalue weighted by atomic mass is 35.5. The largest absolute Gasteiger partial charge is 0.492 e. The van der Waals surface area contributed by atoms with Gasteiger partial charge in [-0.25, -0.2) is 4.39 Å². The van der Waals surface area contributed by atoms with Crippen LogP contribution in [0.1, 0.15) is 32.6 Å². The van der Waals surface area contributed by atoms with E-state index in [1.807, 2.05) is 6.92 Å². The van der Waals surface area contributed by atoms with Crippen molar-refractivity contribution in [3.63, 3.8) is 0 Å². The molecule has 1 rings (SSSR count). The Morgan fingerprint density at radius 3 is 2.56 bits per heavy atom. The van der Waals surface area contributed by atoms with Crippen LogP contribution in [0.2, 0.25) is 5.02 Å². The predicted octanol–water partition coefficient (Wildman–Crippen LogP) is 4.79. The lowest BCUT2D eigenvalue weighted by Crippen LogP contribution is -2.20. The first-order valence-electron chi connectivity index (χ1n) is 7.84. The molecule has 9 heteroatoms. The van der Waals surface area contributed by atoms with Crippen LogP contribution in [0.25, 0.3) is 0 Å². The van der Waals surface area contributed by atoms with E-state index in [4.69, 9.17) is 30.1 Å². The summed E-state index contributed by atoms with van der Waals surface area (Å²) >= 11 is 5.84. The van der Waals surface area contributed by atoms with Gasteiger partial charge in [-0.15, -0.1) is 0 Å². The Kier molecular flexibility index (Phi) is 9.43. The highest BCUT2D eigenvalue weighted by molar-refractivity contribution is 7.54. The molecule has 6 nitrogen and oxygen atoms in total. The van der Waals surface area contributed by atoms with Gasteiger partial charge in [-0.3, -0.25) is 9.36 Å². The predicted molar refractivity (Wildman–Crippen MR) is 92.6 cm³/mol. The third-order valence-corrected chi connectivity index (χ3v) is 5.72. The molecule has 0 spiro atoms. The van der Waals surface area contributed by atoms with Crippen LogP contribution in [-0.4, -0.2) is 32.6 Å². The van der Waals surface area contributed by atoms with Gasteiger partial charge in [-0.05, 0) is 31.0 Å². The molecule has 0 bridgehead atoms. The highest BCUT2D eigenvalue weighted by Crippen LogP contribution is 2.53. The number of benzene rings is 1. The maximum Gasteiger partial charge on any atom is 0.370 e. The van der Waals surface area contributed by atoms with Crippen molar-refractivity contribution in [3.05, 3.63) is 29.0 Å². The molecule has 0 saturated heterocycles. The standard InChI is InChI=1S/C16H23ClFO6P/c1-4-6-16(25(20,21-2)22-3)24-15(19)7-5-10-23-14-9-8-12(18)11-13(14)17/h8-9,11,16H,4-7,10H2,1-3H3. The third kappa shape index (κ3) is 6.94. The van der Waals surface area contributed by atoms with Gasteiger partial charge >= 0.3 is 13.6 Å². The summed E-state index contributed by atoms with van der Waals surface area (Å²) in [6.45, 7) is 2.07. The van der Waals surface area contributed by atoms with Crippen LogP contribution in [-0.2, 0) is 23.1 Å². The van der Waals surface area contributed by atoms with Crippen LogP contribution < -0.4 is 4.74 Å². The molecule has 0 N–H and O–H groups in total. The summed E-state index contributed by atoms with van der Waals surface area (Å²) in [4.78, 5) is 11.9. The molecule has 1 aromatic carbocycles. The number of rotatable bonds is 11. The summed E-state index contributed by atoms with van der Waals surface area (Å²) in [7, 11) is -0.985. The van der Waals surface area contributed by atoms with E-state index in [0.29, 0.717) is 25.0 Å². The Morgan fingerprint density at radius 2 is 2.00 bits per heavy atom. The second-order valence-electron chi connectivity index (χ2n) is 5.16. The zero-order chi connectivity index (χ0) is 18.9. The van der Waals surface area contributed by atoms with E-state index in [1.54, 1.807) is 0 Å². The summed E-state index contributed by atoms with van der Waals surface area (Å²) in [5.41, 5.74) is 0. The van der Waals surface area contributed by atoms with Crippen LogP contribution >= 0.6 is 19.2 Å². The molecule has 0 aliphatic carbocycles. The van der Waals surface area contributed by atoms with Crippen molar-refractivity contribution in [1.29, 1.82) is 0 Å². The van der Waals surface area contributed by atoms with Gasteiger partial charge < -0.3 is 18.5 Å². The molecule has 0 amide bonds. The van der Waals surface area contributed by atoms with E-state index in [2.05, 4.69) is 0 Å². The molecule has 0 heterocycles. The van der Waals surface area contributed by atoms with Gasteiger partial charge in [-0.2, -0.15) is 0 Å². The van der Waals surface area contributed by atoms with Gasteiger partial charge in [0.2, 0.25) is 5.85 Å². The van der Waals surface area contributed by atoms with Crippen molar-refractivity contribution in [2.75, 3.05) is 20.8 Å². The van der Waals surface area contributed by atoms with Gasteiger partial charge in [-0.1, -0.05) is 24.9 Å². The lowest BCUT2D eigenvalue weighted by Gasteiger charge is -2.23. The summed E-state index contributed by atoms with van der Waals surface area (Å²) in [5, 5.41) is 0.159. The topological polar surface area (TPSA) is 71.1 Å². The Bertz CT molecular complexity index is 604. The molecular formula is C16H23ClFO6P. The van der Waals surface area contributed by atoms with Gasteiger partial charge in [0.1, 0.15) is 11.6 Å². The number of hydrogen-bond acceptors (Lipinski definition) is 6. The number of hydrogen-bond donors (Lipinski definition) is 0. The minimum Gasteiger partial charge on any atom is -0.492 e. The van der Waals surface area contributed by atoms with Crippen LogP contribution in [0.3, 0.4) is 0 Å². The molecule has 1 atom stereocenters. The van der Waals surface area contributed by atoms with E-state index in [0.717, 1.165) is 6.07 Å². The summed E-state index contributed by atoms with van der Waals surface area (Å²) in [6, 6.07) is 3.80. The summed E-state index contributed by atoms with van der Waals surface area (Å²) < 4.78 is 45.7. The lowest BCUT2D eigenvalue weighted by molar-refractivity contribution is -0.146. The number of ether oxygens (including phenoxy) is 2. The SMILES string of the molecule is CCCC(OC(=O)CCCOc1ccc(F)cc1Cl)P(=O)(OC)OC. The van der Waals surface area contributed by atoms with Gasteiger partial charge in [0.15, 0.2) is 0 Å². The maximum absolute atomic E-state index is 12.9. The number of carbonyl (C=O) groups excluding carboxylic acids is 1. The monoisotopic (exact) mass is 396 g/mol. The molecule has 0 aliphatic heterocycles. The summed E-state index contributed by atoms with van der Waals surface area (Å²) in [5.74, 6) is -1.58. The maximum atomic E-state index is 12.9. The molecule has 25 heavy (non-hydrogen) atoms. The minimum absolute atomic E-state index is 0.0620. The fourth-order valence-corrected chi connectivity index (χ4v) is 3.70. The first-order valence-corrected chi connectivity index (χ1v) is 9.83. The van der Waals surface area contributed by atoms with Crippen LogP contribution in [0.4, 0.5) is 4.39 Å². The normalized spacial score (nSPS) is 12.7. The van der Waals surface area contributed by atoms with Crippen molar-refractivity contribution in [3.8, 4) is 5.75 Å². The zero-order valence-electron chi connectivity index (χ0n) is 14.5. The molecular weight excluding hydrogens is 374 g/mol. The van der Waals surface area contributed by atoms with Crippen LogP contribution in [0, 0.1) is 5.82 Å². The Labute approximate surface area is 152 Å².